The number of allylic oxidation sites excluding steroid dienone is 1. The molecule has 0 aromatic carbocycles. The smallest absolute Gasteiger partial charge is 0.331 e. The summed E-state index contributed by atoms with van der Waals surface area (Å²) in [6.07, 6.45) is 2.13. The number of aliphatic hydroxyl groups excluding tert-OH is 1. The van der Waals surface area contributed by atoms with Crippen LogP contribution in [-0.4, -0.2) is 47.4 Å². The van der Waals surface area contributed by atoms with E-state index < -0.39 is 42.3 Å². The molecule has 1 heterocycles. The van der Waals surface area contributed by atoms with Crippen LogP contribution in [0.1, 0.15) is 33.6 Å². The summed E-state index contributed by atoms with van der Waals surface area (Å²) in [4.78, 5) is 34.4. The van der Waals surface area contributed by atoms with Gasteiger partial charge >= 0.3 is 17.9 Å². The molecule has 7 heteroatoms. The first-order valence-corrected chi connectivity index (χ1v) is 7.40. The van der Waals surface area contributed by atoms with Crippen molar-refractivity contribution in [3.63, 3.8) is 0 Å². The maximum absolute atomic E-state index is 11.8. The lowest BCUT2D eigenvalue weighted by Crippen LogP contribution is -2.35. The molecule has 0 amide bonds. The van der Waals surface area contributed by atoms with Crippen LogP contribution in [0.4, 0.5) is 0 Å². The van der Waals surface area contributed by atoms with E-state index in [2.05, 4.69) is 0 Å². The van der Waals surface area contributed by atoms with Gasteiger partial charge in [-0.3, -0.25) is 9.59 Å². The molecule has 0 saturated carbocycles. The van der Waals surface area contributed by atoms with Gasteiger partial charge in [-0.15, -0.1) is 0 Å². The third kappa shape index (κ3) is 6.65. The second-order valence-corrected chi connectivity index (χ2v) is 5.16. The maximum Gasteiger partial charge on any atom is 0.331 e. The molecule has 4 atom stereocenters. The highest BCUT2D eigenvalue weighted by molar-refractivity contribution is 5.82. The van der Waals surface area contributed by atoms with Crippen LogP contribution in [0.2, 0.25) is 0 Å². The van der Waals surface area contributed by atoms with E-state index in [0.29, 0.717) is 0 Å². The zero-order valence-electron chi connectivity index (χ0n) is 13.4. The number of cyclic esters (lactones) is 1. The number of hydrogen-bond acceptors (Lipinski definition) is 7. The Labute approximate surface area is 134 Å². The first-order chi connectivity index (χ1) is 10.8. The maximum atomic E-state index is 11.8. The summed E-state index contributed by atoms with van der Waals surface area (Å²) in [6.45, 7) is 4.48. The number of aliphatic hydroxyl groups is 1. The fourth-order valence-electron chi connectivity index (χ4n) is 2.05. The lowest BCUT2D eigenvalue weighted by atomic mass is 10.0. The van der Waals surface area contributed by atoms with Crippen molar-refractivity contribution < 1.29 is 33.7 Å². The van der Waals surface area contributed by atoms with Gasteiger partial charge in [0.05, 0.1) is 0 Å². The van der Waals surface area contributed by atoms with E-state index in [0.717, 1.165) is 0 Å². The molecule has 0 spiro atoms. The van der Waals surface area contributed by atoms with Gasteiger partial charge in [0.1, 0.15) is 18.3 Å². The lowest BCUT2D eigenvalue weighted by molar-refractivity contribution is -0.163. The van der Waals surface area contributed by atoms with Gasteiger partial charge < -0.3 is 19.3 Å². The molecule has 0 radical (unpaired) electrons. The number of carbonyl (C=O) groups excluding carboxylic acids is 3. The van der Waals surface area contributed by atoms with E-state index in [4.69, 9.17) is 14.2 Å². The molecule has 0 aromatic heterocycles. The van der Waals surface area contributed by atoms with Crippen LogP contribution in [0.15, 0.2) is 24.3 Å². The molecule has 23 heavy (non-hydrogen) atoms. The van der Waals surface area contributed by atoms with E-state index in [1.165, 1.54) is 31.2 Å². The Hall–Kier alpha value is -2.15. The predicted molar refractivity (Wildman–Crippen MR) is 80.2 cm³/mol. The standard InChI is InChI=1S/C16H22O7/c1-4-5-15(19)23-13-7-6-12(18)14(22-11(3)17)8-9-16(20)21-10(13)2/h4-7,10,12-14,18H,8-9H2,1-3H3/b5-4+,7-6+/t10-,12+,13+,14-/m1/s1. The van der Waals surface area contributed by atoms with E-state index >= 15 is 0 Å². The Morgan fingerprint density at radius 3 is 2.65 bits per heavy atom. The zero-order valence-corrected chi connectivity index (χ0v) is 13.4. The van der Waals surface area contributed by atoms with Crippen molar-refractivity contribution in [3.05, 3.63) is 24.3 Å². The minimum absolute atomic E-state index is 0.0251. The highest BCUT2D eigenvalue weighted by Gasteiger charge is 2.27. The molecule has 0 fully saturated rings. The molecular formula is C16H22O7. The molecule has 0 aromatic rings. The van der Waals surface area contributed by atoms with Gasteiger partial charge in [0.15, 0.2) is 6.10 Å². The van der Waals surface area contributed by atoms with E-state index in [1.807, 2.05) is 0 Å². The van der Waals surface area contributed by atoms with Crippen LogP contribution in [0.3, 0.4) is 0 Å². The van der Waals surface area contributed by atoms with Crippen molar-refractivity contribution in [3.8, 4) is 0 Å². The molecule has 1 aliphatic rings. The van der Waals surface area contributed by atoms with Crippen molar-refractivity contribution in [2.45, 2.75) is 58.0 Å². The molecule has 1 aliphatic heterocycles. The molecule has 0 bridgehead atoms. The van der Waals surface area contributed by atoms with Crippen LogP contribution >= 0.6 is 0 Å². The average molecular weight is 326 g/mol. The third-order valence-electron chi connectivity index (χ3n) is 3.16. The fraction of sp³-hybridized carbons (Fsp3) is 0.562. The molecule has 1 rings (SSSR count). The van der Waals surface area contributed by atoms with Gasteiger partial charge in [0.2, 0.25) is 0 Å². The van der Waals surface area contributed by atoms with Crippen molar-refractivity contribution in [1.29, 1.82) is 0 Å². The summed E-state index contributed by atoms with van der Waals surface area (Å²) < 4.78 is 15.4. The fourth-order valence-corrected chi connectivity index (χ4v) is 2.05. The Balaban J connectivity index is 2.93. The van der Waals surface area contributed by atoms with Gasteiger partial charge in [-0.1, -0.05) is 12.2 Å². The summed E-state index contributed by atoms with van der Waals surface area (Å²) >= 11 is 0. The zero-order chi connectivity index (χ0) is 17.4. The molecule has 1 N–H and O–H groups in total. The van der Waals surface area contributed by atoms with Crippen LogP contribution in [0.5, 0.6) is 0 Å². The molecule has 128 valence electrons. The normalized spacial score (nSPS) is 30.3. The number of ether oxygens (including phenoxy) is 3. The first kappa shape index (κ1) is 18.9. The minimum Gasteiger partial charge on any atom is -0.459 e. The minimum atomic E-state index is -1.11. The van der Waals surface area contributed by atoms with Crippen LogP contribution in [0, 0.1) is 0 Å². The van der Waals surface area contributed by atoms with Crippen LogP contribution < -0.4 is 0 Å². The lowest BCUT2D eigenvalue weighted by Gasteiger charge is -2.25. The van der Waals surface area contributed by atoms with Gasteiger partial charge in [-0.2, -0.15) is 0 Å². The van der Waals surface area contributed by atoms with E-state index in [9.17, 15) is 19.5 Å². The topological polar surface area (TPSA) is 99.1 Å². The predicted octanol–water partition coefficient (Wildman–Crippen LogP) is 1.05. The molecular weight excluding hydrogens is 304 g/mol. The highest BCUT2D eigenvalue weighted by Crippen LogP contribution is 2.16. The summed E-state index contributed by atoms with van der Waals surface area (Å²) in [6, 6.07) is 0. The number of rotatable bonds is 3. The van der Waals surface area contributed by atoms with Crippen molar-refractivity contribution in [2.24, 2.45) is 0 Å². The Kier molecular flexibility index (Phi) is 7.47. The quantitative estimate of drug-likeness (QED) is 0.358. The van der Waals surface area contributed by atoms with Crippen molar-refractivity contribution >= 4 is 17.9 Å². The van der Waals surface area contributed by atoms with Gasteiger partial charge in [-0.05, 0) is 26.3 Å². The highest BCUT2D eigenvalue weighted by atomic mass is 16.6. The summed E-state index contributed by atoms with van der Waals surface area (Å²) in [5.41, 5.74) is 0. The largest absolute Gasteiger partial charge is 0.459 e. The number of carbonyl (C=O) groups is 3. The second-order valence-electron chi connectivity index (χ2n) is 5.16. The van der Waals surface area contributed by atoms with Gasteiger partial charge in [0, 0.05) is 19.4 Å². The van der Waals surface area contributed by atoms with E-state index in [1.54, 1.807) is 13.8 Å². The summed E-state index contributed by atoms with van der Waals surface area (Å²) in [5.74, 6) is -1.67. The molecule has 0 unspecified atom stereocenters. The Bertz CT molecular complexity index is 495. The SMILES string of the molecule is C/C=C/C(=O)O[C@H]1/C=C/[C@H](O)[C@H](OC(C)=O)CCC(=O)O[C@@H]1C. The summed E-state index contributed by atoms with van der Waals surface area (Å²) in [5, 5.41) is 10.1. The first-order valence-electron chi connectivity index (χ1n) is 7.40. The second kappa shape index (κ2) is 9.09. The molecule has 0 aliphatic carbocycles. The average Bonchev–Trinajstić information content (AvgIpc) is 2.46. The summed E-state index contributed by atoms with van der Waals surface area (Å²) in [7, 11) is 0. The Morgan fingerprint density at radius 1 is 1.35 bits per heavy atom. The van der Waals surface area contributed by atoms with Crippen LogP contribution in [0.25, 0.3) is 0 Å². The van der Waals surface area contributed by atoms with Crippen molar-refractivity contribution in [1.82, 2.24) is 0 Å². The van der Waals surface area contributed by atoms with Crippen molar-refractivity contribution in [2.75, 3.05) is 0 Å². The molecule has 0 saturated heterocycles. The third-order valence-corrected chi connectivity index (χ3v) is 3.16. The number of esters is 3. The Morgan fingerprint density at radius 2 is 2.04 bits per heavy atom. The van der Waals surface area contributed by atoms with E-state index in [-0.39, 0.29) is 12.8 Å². The monoisotopic (exact) mass is 326 g/mol. The molecule has 7 nitrogen and oxygen atoms in total. The van der Waals surface area contributed by atoms with Gasteiger partial charge in [-0.25, -0.2) is 4.79 Å². The number of hydrogen-bond donors (Lipinski definition) is 1. The van der Waals surface area contributed by atoms with Crippen LogP contribution in [-0.2, 0) is 28.6 Å². The van der Waals surface area contributed by atoms with Gasteiger partial charge in [0.25, 0.3) is 0 Å².